The van der Waals surface area contributed by atoms with E-state index in [0.29, 0.717) is 5.92 Å². The molecule has 0 aliphatic carbocycles. The van der Waals surface area contributed by atoms with Crippen LogP contribution in [0.2, 0.25) is 0 Å². The van der Waals surface area contributed by atoms with Crippen LogP contribution < -0.4 is 0 Å². The molecule has 2 unspecified atom stereocenters. The average Bonchev–Trinajstić information content (AvgIpc) is 2.25. The van der Waals surface area contributed by atoms with Gasteiger partial charge < -0.3 is 14.6 Å². The summed E-state index contributed by atoms with van der Waals surface area (Å²) in [5.74, 6) is 0.497. The molecule has 1 heterocycles. The number of carbonyl (C=O) groups excluding carboxylic acids is 1. The van der Waals surface area contributed by atoms with Crippen molar-refractivity contribution in [3.63, 3.8) is 0 Å². The van der Waals surface area contributed by atoms with Crippen LogP contribution in [-0.2, 0) is 14.3 Å². The lowest BCUT2D eigenvalue weighted by molar-refractivity contribution is -0.234. The van der Waals surface area contributed by atoms with E-state index in [1.165, 1.54) is 6.92 Å². The Labute approximate surface area is 92.1 Å². The number of ether oxygens (including phenoxy) is 2. The van der Waals surface area contributed by atoms with Gasteiger partial charge in [-0.15, -0.1) is 0 Å². The molecule has 0 aromatic carbocycles. The maximum absolute atomic E-state index is 10.7. The highest BCUT2D eigenvalue weighted by atomic mass is 16.6. The Morgan fingerprint density at radius 3 is 2.60 bits per heavy atom. The Balaban J connectivity index is 2.60. The highest BCUT2D eigenvalue weighted by molar-refractivity contribution is 5.65. The van der Waals surface area contributed by atoms with E-state index in [0.717, 1.165) is 0 Å². The van der Waals surface area contributed by atoms with Crippen LogP contribution in [0.4, 0.5) is 0 Å². The van der Waals surface area contributed by atoms with Crippen molar-refractivity contribution in [3.8, 4) is 0 Å². The number of hydrogen-bond donors (Lipinski definition) is 1. The highest BCUT2D eigenvalue weighted by Crippen LogP contribution is 2.33. The summed E-state index contributed by atoms with van der Waals surface area (Å²) in [6.07, 6.45) is -0.725. The largest absolute Gasteiger partial charge is 0.463 e. The first-order valence-corrected chi connectivity index (χ1v) is 5.38. The molecule has 0 bridgehead atoms. The number of aliphatic hydroxyl groups excluding tert-OH is 1. The van der Waals surface area contributed by atoms with E-state index in [2.05, 4.69) is 19.0 Å². The van der Waals surface area contributed by atoms with Crippen molar-refractivity contribution in [2.45, 2.75) is 40.1 Å². The zero-order chi connectivity index (χ0) is 12.3. The molecule has 0 saturated carbocycles. The maximum atomic E-state index is 10.7. The fourth-order valence-corrected chi connectivity index (χ4v) is 1.88. The second-order valence-corrected chi connectivity index (χ2v) is 4.42. The van der Waals surface area contributed by atoms with Crippen LogP contribution in [-0.4, -0.2) is 31.5 Å². The van der Waals surface area contributed by atoms with Gasteiger partial charge in [-0.1, -0.05) is 20.8 Å². The molecule has 1 N–H and O–H groups in total. The lowest BCUT2D eigenvalue weighted by atomic mass is 9.79. The predicted octanol–water partition coefficient (Wildman–Crippen LogP) is 1.17. The summed E-state index contributed by atoms with van der Waals surface area (Å²) in [6, 6.07) is 0. The summed E-state index contributed by atoms with van der Waals surface area (Å²) < 4.78 is 17.5. The van der Waals surface area contributed by atoms with Crippen molar-refractivity contribution in [2.24, 2.45) is 17.8 Å². The van der Waals surface area contributed by atoms with Crippen molar-refractivity contribution in [1.29, 1.82) is 1.43 Å². The smallest absolute Gasteiger partial charge is 0.302 e. The minimum Gasteiger partial charge on any atom is -0.463 e. The van der Waals surface area contributed by atoms with Crippen LogP contribution in [0.5, 0.6) is 0 Å². The molecule has 0 aromatic rings. The fourth-order valence-electron chi connectivity index (χ4n) is 1.88. The van der Waals surface area contributed by atoms with E-state index < -0.39 is 6.29 Å². The van der Waals surface area contributed by atoms with Gasteiger partial charge in [0.25, 0.3) is 0 Å². The highest BCUT2D eigenvalue weighted by Gasteiger charge is 2.38. The molecular formula is C11H20O4. The zero-order valence-electron chi connectivity index (χ0n) is 10.7. The van der Waals surface area contributed by atoms with E-state index in [9.17, 15) is 4.79 Å². The Hall–Kier alpha value is -0.610. The third kappa shape index (κ3) is 2.92. The van der Waals surface area contributed by atoms with Gasteiger partial charge >= 0.3 is 5.97 Å². The maximum Gasteiger partial charge on any atom is 0.302 e. The Bertz CT molecular complexity index is 244. The standard InChI is InChI=1S/C11H20O4/c1-6-7(2)10(5-14-9(4)12)15-11(13)8(6)3/h6-8,10-11,13H,5H2,1-4H3/t6-,7-,8?,10?,11+/m0/s1/i13T. The summed E-state index contributed by atoms with van der Waals surface area (Å²) >= 11 is 0. The molecule has 0 radical (unpaired) electrons. The normalized spacial score (nSPS) is 42.1. The number of rotatable bonds is 3. The molecular weight excluding hydrogens is 196 g/mol. The van der Waals surface area contributed by atoms with Crippen LogP contribution in [0.3, 0.4) is 0 Å². The topological polar surface area (TPSA) is 55.8 Å². The molecule has 1 fully saturated rings. The molecule has 4 nitrogen and oxygen atoms in total. The first-order valence-electron chi connectivity index (χ1n) is 5.79. The van der Waals surface area contributed by atoms with E-state index >= 15 is 0 Å². The summed E-state index contributed by atoms with van der Waals surface area (Å²) in [7, 11) is 0. The molecule has 88 valence electrons. The van der Waals surface area contributed by atoms with Crippen LogP contribution in [0.25, 0.3) is 0 Å². The predicted molar refractivity (Wildman–Crippen MR) is 55.0 cm³/mol. The molecule has 0 aromatic heterocycles. The number of hydrogen-bond acceptors (Lipinski definition) is 4. The van der Waals surface area contributed by atoms with E-state index in [4.69, 9.17) is 10.9 Å². The summed E-state index contributed by atoms with van der Waals surface area (Å²) in [5, 5.41) is 4.55. The third-order valence-corrected chi connectivity index (χ3v) is 3.43. The molecule has 1 aliphatic heterocycles. The van der Waals surface area contributed by atoms with Crippen molar-refractivity contribution in [3.05, 3.63) is 0 Å². The summed E-state index contributed by atoms with van der Waals surface area (Å²) in [5.41, 5.74) is 0. The van der Waals surface area contributed by atoms with Gasteiger partial charge in [0.1, 0.15) is 6.61 Å². The van der Waals surface area contributed by atoms with Gasteiger partial charge in [0, 0.05) is 12.8 Å². The van der Waals surface area contributed by atoms with Gasteiger partial charge in [-0.05, 0) is 11.8 Å². The quantitative estimate of drug-likeness (QED) is 0.723. The third-order valence-electron chi connectivity index (χ3n) is 3.43. The molecule has 0 amide bonds. The van der Waals surface area contributed by atoms with Crippen molar-refractivity contribution < 1.29 is 19.4 Å². The van der Waals surface area contributed by atoms with Crippen LogP contribution >= 0.6 is 0 Å². The van der Waals surface area contributed by atoms with Crippen LogP contribution in [0, 0.1) is 17.8 Å². The van der Waals surface area contributed by atoms with Gasteiger partial charge in [-0.3, -0.25) is 4.79 Å². The van der Waals surface area contributed by atoms with Gasteiger partial charge in [0.15, 0.2) is 6.29 Å². The average molecular weight is 218 g/mol. The molecule has 15 heavy (non-hydrogen) atoms. The van der Waals surface area contributed by atoms with Crippen molar-refractivity contribution >= 4 is 5.97 Å². The van der Waals surface area contributed by atoms with Gasteiger partial charge in [-0.2, -0.15) is 0 Å². The molecule has 1 aliphatic rings. The summed E-state index contributed by atoms with van der Waals surface area (Å²) in [6.45, 7) is 7.77. The SMILES string of the molecule is [3H]O[C@@H]1OC(COC(C)=O)[C@@H](C)[C@H](C)C1C. The Kier molecular flexibility index (Phi) is 3.59. The van der Waals surface area contributed by atoms with Gasteiger partial charge in [0.05, 0.1) is 6.10 Å². The fraction of sp³-hybridized carbons (Fsp3) is 0.909. The first kappa shape index (κ1) is 10.9. The monoisotopic (exact) mass is 218 g/mol. The second kappa shape index (κ2) is 4.94. The molecule has 1 saturated heterocycles. The van der Waals surface area contributed by atoms with Gasteiger partial charge in [-0.25, -0.2) is 0 Å². The lowest BCUT2D eigenvalue weighted by Crippen LogP contribution is -2.46. The number of esters is 1. The van der Waals surface area contributed by atoms with Crippen molar-refractivity contribution in [2.75, 3.05) is 6.61 Å². The van der Waals surface area contributed by atoms with E-state index in [1.54, 1.807) is 0 Å². The molecule has 5 atom stereocenters. The Morgan fingerprint density at radius 2 is 2.07 bits per heavy atom. The number of aliphatic hydroxyl groups is 1. The first-order chi connectivity index (χ1) is 7.47. The second-order valence-electron chi connectivity index (χ2n) is 4.42. The molecule has 4 heteroatoms. The zero-order valence-corrected chi connectivity index (χ0v) is 9.73. The van der Waals surface area contributed by atoms with E-state index in [1.807, 2.05) is 6.92 Å². The molecule has 0 spiro atoms. The van der Waals surface area contributed by atoms with Crippen LogP contribution in [0.15, 0.2) is 0 Å². The number of carbonyl (C=O) groups is 1. The summed E-state index contributed by atoms with van der Waals surface area (Å²) in [4.78, 5) is 10.7. The van der Waals surface area contributed by atoms with Gasteiger partial charge in [0.2, 0.25) is 1.43 Å². The Morgan fingerprint density at radius 1 is 1.40 bits per heavy atom. The van der Waals surface area contributed by atoms with Crippen LogP contribution in [0.1, 0.15) is 27.7 Å². The van der Waals surface area contributed by atoms with Crippen molar-refractivity contribution in [1.82, 2.24) is 0 Å². The lowest BCUT2D eigenvalue weighted by Gasteiger charge is -2.41. The minimum atomic E-state index is -0.535. The minimum absolute atomic E-state index is 0.168. The van der Waals surface area contributed by atoms with E-state index in [-0.39, 0.29) is 30.5 Å². The molecule has 1 rings (SSSR count).